The van der Waals surface area contributed by atoms with Crippen molar-refractivity contribution in [2.24, 2.45) is 0 Å². The second-order valence-corrected chi connectivity index (χ2v) is 5.56. The molecule has 0 saturated heterocycles. The number of aromatic nitrogens is 2. The van der Waals surface area contributed by atoms with Gasteiger partial charge in [-0.3, -0.25) is 4.79 Å². The summed E-state index contributed by atoms with van der Waals surface area (Å²) in [7, 11) is 0. The Balaban J connectivity index is 1.72. The number of amides is 1. The van der Waals surface area contributed by atoms with Crippen LogP contribution < -0.4 is 10.1 Å². The van der Waals surface area contributed by atoms with Crippen molar-refractivity contribution in [3.05, 3.63) is 72.7 Å². The number of ether oxygens (including phenoxy) is 1. The second-order valence-electron chi connectivity index (χ2n) is 5.56. The summed E-state index contributed by atoms with van der Waals surface area (Å²) in [6, 6.07) is 16.7. The molecule has 0 fully saturated rings. The van der Waals surface area contributed by atoms with Crippen LogP contribution in [0.2, 0.25) is 0 Å². The third-order valence-electron chi connectivity index (χ3n) is 3.70. The Kier molecular flexibility index (Phi) is 5.63. The predicted octanol–water partition coefficient (Wildman–Crippen LogP) is 3.81. The molecule has 26 heavy (non-hydrogen) atoms. The first-order chi connectivity index (χ1) is 12.8. The summed E-state index contributed by atoms with van der Waals surface area (Å²) in [6.07, 6.45) is 6.48. The number of nitrogens with zero attached hydrogens (tertiary/aromatic N) is 3. The molecule has 0 aliphatic carbocycles. The van der Waals surface area contributed by atoms with Crippen LogP contribution in [0.15, 0.2) is 67.1 Å². The van der Waals surface area contributed by atoms with E-state index in [1.165, 1.54) is 0 Å². The van der Waals surface area contributed by atoms with Crippen molar-refractivity contribution in [2.75, 3.05) is 11.9 Å². The molecule has 0 atom stereocenters. The number of benzene rings is 1. The Morgan fingerprint density at radius 2 is 2.04 bits per heavy atom. The summed E-state index contributed by atoms with van der Waals surface area (Å²) < 4.78 is 7.56. The number of unbranched alkanes of at least 4 members (excludes halogenated alkanes) is 1. The van der Waals surface area contributed by atoms with E-state index in [9.17, 15) is 4.79 Å². The lowest BCUT2D eigenvalue weighted by Crippen LogP contribution is -2.14. The van der Waals surface area contributed by atoms with E-state index in [4.69, 9.17) is 10.00 Å². The molecule has 0 radical (unpaired) electrons. The zero-order valence-electron chi connectivity index (χ0n) is 14.1. The molecule has 6 heteroatoms. The molecule has 3 rings (SSSR count). The third-order valence-corrected chi connectivity index (χ3v) is 3.70. The van der Waals surface area contributed by atoms with E-state index in [-0.39, 0.29) is 5.91 Å². The fourth-order valence-electron chi connectivity index (χ4n) is 2.43. The largest absolute Gasteiger partial charge is 0.490 e. The number of nitrogens with one attached hydrogen (secondary N) is 1. The Bertz CT molecular complexity index is 914. The highest BCUT2D eigenvalue weighted by molar-refractivity contribution is 6.04. The first-order valence-corrected chi connectivity index (χ1v) is 8.27. The van der Waals surface area contributed by atoms with Crippen molar-refractivity contribution in [1.82, 2.24) is 9.55 Å². The van der Waals surface area contributed by atoms with Crippen molar-refractivity contribution >= 4 is 11.7 Å². The van der Waals surface area contributed by atoms with E-state index in [1.807, 2.05) is 47.3 Å². The Hall–Kier alpha value is -3.59. The Labute approximate surface area is 151 Å². The van der Waals surface area contributed by atoms with Crippen LogP contribution in [-0.4, -0.2) is 22.1 Å². The number of rotatable bonds is 7. The molecule has 0 unspecified atom stereocenters. The minimum Gasteiger partial charge on any atom is -0.490 e. The molecule has 0 spiro atoms. The van der Waals surface area contributed by atoms with Gasteiger partial charge in [-0.15, -0.1) is 0 Å². The van der Waals surface area contributed by atoms with E-state index >= 15 is 0 Å². The summed E-state index contributed by atoms with van der Waals surface area (Å²) in [5, 5.41) is 11.4. The molecular weight excluding hydrogens is 328 g/mol. The molecule has 2 aromatic heterocycles. The van der Waals surface area contributed by atoms with E-state index in [0.29, 0.717) is 36.6 Å². The summed E-state index contributed by atoms with van der Waals surface area (Å²) >= 11 is 0. The van der Waals surface area contributed by atoms with E-state index < -0.39 is 0 Å². The van der Waals surface area contributed by atoms with Gasteiger partial charge in [0.25, 0.3) is 5.91 Å². The fourth-order valence-corrected chi connectivity index (χ4v) is 2.43. The molecule has 1 N–H and O–H groups in total. The first-order valence-electron chi connectivity index (χ1n) is 8.27. The molecule has 130 valence electrons. The number of nitriles is 1. The van der Waals surface area contributed by atoms with Crippen molar-refractivity contribution in [3.63, 3.8) is 0 Å². The number of hydrogen-bond acceptors (Lipinski definition) is 4. The Morgan fingerprint density at radius 3 is 2.85 bits per heavy atom. The van der Waals surface area contributed by atoms with Gasteiger partial charge in [0.15, 0.2) is 11.6 Å². The fraction of sp³-hybridized carbons (Fsp3) is 0.150. The Morgan fingerprint density at radius 1 is 1.19 bits per heavy atom. The minimum atomic E-state index is -0.264. The standard InChI is InChI=1S/C20H18N4O2/c21-10-1-4-14-26-18-9-6-11-22-19(18)23-20(25)16-7-5-8-17(15-16)24-12-2-3-13-24/h2-3,5-9,11-13,15H,1,4,14H2,(H,22,23,25). The second kappa shape index (κ2) is 8.49. The van der Waals surface area contributed by atoms with Crippen molar-refractivity contribution in [2.45, 2.75) is 12.8 Å². The van der Waals surface area contributed by atoms with Crippen LogP contribution in [0.25, 0.3) is 5.69 Å². The molecule has 0 saturated carbocycles. The van der Waals surface area contributed by atoms with Crippen molar-refractivity contribution in [1.29, 1.82) is 5.26 Å². The molecule has 6 nitrogen and oxygen atoms in total. The van der Waals surface area contributed by atoms with Crippen LogP contribution in [0.4, 0.5) is 5.82 Å². The molecule has 0 aliphatic heterocycles. The number of carbonyl (C=O) groups is 1. The lowest BCUT2D eigenvalue weighted by atomic mass is 10.2. The summed E-state index contributed by atoms with van der Waals surface area (Å²) in [6.45, 7) is 0.394. The highest BCUT2D eigenvalue weighted by Crippen LogP contribution is 2.22. The molecule has 1 amide bonds. The van der Waals surface area contributed by atoms with E-state index in [0.717, 1.165) is 5.69 Å². The topological polar surface area (TPSA) is 79.9 Å². The summed E-state index contributed by atoms with van der Waals surface area (Å²) in [4.78, 5) is 16.8. The quantitative estimate of drug-likeness (QED) is 0.660. The van der Waals surface area contributed by atoms with Gasteiger partial charge in [0.2, 0.25) is 0 Å². The van der Waals surface area contributed by atoms with Crippen LogP contribution in [0.1, 0.15) is 23.2 Å². The summed E-state index contributed by atoms with van der Waals surface area (Å²) in [5.74, 6) is 0.584. The number of pyridine rings is 1. The SMILES string of the molecule is N#CCCCOc1cccnc1NC(=O)c1cccc(-n2cccc2)c1. The van der Waals surface area contributed by atoms with Gasteiger partial charge in [0.1, 0.15) is 0 Å². The van der Waals surface area contributed by atoms with Crippen LogP contribution in [0.3, 0.4) is 0 Å². The van der Waals surface area contributed by atoms with Crippen molar-refractivity contribution in [3.8, 4) is 17.5 Å². The molecule has 0 aliphatic rings. The van der Waals surface area contributed by atoms with Gasteiger partial charge < -0.3 is 14.6 Å². The highest BCUT2D eigenvalue weighted by Gasteiger charge is 2.12. The summed E-state index contributed by atoms with van der Waals surface area (Å²) in [5.41, 5.74) is 1.42. The van der Waals surface area contributed by atoms with Crippen molar-refractivity contribution < 1.29 is 9.53 Å². The molecular formula is C20H18N4O2. The average Bonchev–Trinajstić information content (AvgIpc) is 3.21. The zero-order chi connectivity index (χ0) is 18.2. The highest BCUT2D eigenvalue weighted by atomic mass is 16.5. The third kappa shape index (κ3) is 4.28. The van der Waals surface area contributed by atoms with Crippen LogP contribution in [-0.2, 0) is 0 Å². The number of carbonyl (C=O) groups excluding carboxylic acids is 1. The predicted molar refractivity (Wildman–Crippen MR) is 98.3 cm³/mol. The van der Waals surface area contributed by atoms with Gasteiger partial charge in [-0.1, -0.05) is 6.07 Å². The van der Waals surface area contributed by atoms with Gasteiger partial charge in [0, 0.05) is 36.3 Å². The maximum Gasteiger partial charge on any atom is 0.256 e. The van der Waals surface area contributed by atoms with Gasteiger partial charge in [-0.05, 0) is 48.9 Å². The van der Waals surface area contributed by atoms with E-state index in [1.54, 1.807) is 24.4 Å². The maximum absolute atomic E-state index is 12.6. The van der Waals surface area contributed by atoms with Gasteiger partial charge in [-0.2, -0.15) is 5.26 Å². The maximum atomic E-state index is 12.6. The van der Waals surface area contributed by atoms with Gasteiger partial charge in [-0.25, -0.2) is 4.98 Å². The number of anilines is 1. The normalized spacial score (nSPS) is 10.1. The minimum absolute atomic E-state index is 0.264. The monoisotopic (exact) mass is 346 g/mol. The van der Waals surface area contributed by atoms with Crippen LogP contribution in [0, 0.1) is 11.3 Å². The number of hydrogen-bond donors (Lipinski definition) is 1. The van der Waals surface area contributed by atoms with Crippen LogP contribution in [0.5, 0.6) is 5.75 Å². The lowest BCUT2D eigenvalue weighted by Gasteiger charge is -2.11. The first kappa shape index (κ1) is 17.2. The average molecular weight is 346 g/mol. The van der Waals surface area contributed by atoms with Gasteiger partial charge in [0.05, 0.1) is 12.7 Å². The zero-order valence-corrected chi connectivity index (χ0v) is 14.1. The molecule has 0 bridgehead atoms. The van der Waals surface area contributed by atoms with Crippen LogP contribution >= 0.6 is 0 Å². The van der Waals surface area contributed by atoms with E-state index in [2.05, 4.69) is 16.4 Å². The lowest BCUT2D eigenvalue weighted by molar-refractivity contribution is 0.102. The molecule has 1 aromatic carbocycles. The smallest absolute Gasteiger partial charge is 0.256 e. The molecule has 3 aromatic rings. The molecule has 2 heterocycles. The van der Waals surface area contributed by atoms with Gasteiger partial charge >= 0.3 is 0 Å².